The van der Waals surface area contributed by atoms with E-state index in [0.29, 0.717) is 0 Å². The topological polar surface area (TPSA) is 97.7 Å². The number of sulfonamides is 1. The SMILES string of the molecule is O=S(=O)(Nc1cc(Cl)nc(Cl)n1)c1cnc(Cl)nc1. The van der Waals surface area contributed by atoms with Crippen LogP contribution in [0.15, 0.2) is 23.4 Å². The summed E-state index contributed by atoms with van der Waals surface area (Å²) in [6.07, 6.45) is 2.12. The molecule has 2 aromatic heterocycles. The Balaban J connectivity index is 2.33. The quantitative estimate of drug-likeness (QED) is 0.678. The minimum Gasteiger partial charge on any atom is -0.263 e. The van der Waals surface area contributed by atoms with Gasteiger partial charge in [0.1, 0.15) is 15.9 Å². The number of nitrogens with one attached hydrogen (secondary N) is 1. The molecule has 0 aliphatic rings. The Morgan fingerprint density at radius 1 is 1.00 bits per heavy atom. The van der Waals surface area contributed by atoms with Gasteiger partial charge in [0.05, 0.1) is 12.4 Å². The molecule has 0 saturated heterocycles. The summed E-state index contributed by atoms with van der Waals surface area (Å²) < 4.78 is 26.1. The predicted octanol–water partition coefficient (Wildman–Crippen LogP) is 2.03. The number of rotatable bonds is 3. The van der Waals surface area contributed by atoms with Crippen molar-refractivity contribution in [1.29, 1.82) is 0 Å². The van der Waals surface area contributed by atoms with Crippen LogP contribution in [0.4, 0.5) is 5.82 Å². The molecule has 1 N–H and O–H groups in total. The fourth-order valence-corrected chi connectivity index (χ4v) is 2.47. The maximum Gasteiger partial charge on any atom is 0.266 e. The molecule has 2 heterocycles. The number of aromatic nitrogens is 4. The van der Waals surface area contributed by atoms with Crippen molar-refractivity contribution < 1.29 is 8.42 Å². The second kappa shape index (κ2) is 5.41. The molecule has 100 valence electrons. The van der Waals surface area contributed by atoms with Gasteiger partial charge < -0.3 is 0 Å². The third-order valence-electron chi connectivity index (χ3n) is 1.81. The van der Waals surface area contributed by atoms with Crippen LogP contribution in [0.5, 0.6) is 0 Å². The maximum absolute atomic E-state index is 12.0. The van der Waals surface area contributed by atoms with Gasteiger partial charge in [-0.3, -0.25) is 4.72 Å². The fourth-order valence-electron chi connectivity index (χ4n) is 1.08. The van der Waals surface area contributed by atoms with E-state index in [1.165, 1.54) is 6.07 Å². The number of nitrogens with zero attached hydrogens (tertiary/aromatic N) is 4. The minimum atomic E-state index is -3.90. The molecular weight excluding hydrogens is 337 g/mol. The zero-order chi connectivity index (χ0) is 14.0. The number of hydrogen-bond acceptors (Lipinski definition) is 6. The van der Waals surface area contributed by atoms with Crippen LogP contribution < -0.4 is 4.72 Å². The lowest BCUT2D eigenvalue weighted by molar-refractivity contribution is 0.600. The van der Waals surface area contributed by atoms with Crippen LogP contribution >= 0.6 is 34.8 Å². The van der Waals surface area contributed by atoms with Gasteiger partial charge >= 0.3 is 0 Å². The summed E-state index contributed by atoms with van der Waals surface area (Å²) in [5.41, 5.74) is 0. The van der Waals surface area contributed by atoms with Crippen molar-refractivity contribution in [1.82, 2.24) is 19.9 Å². The molecule has 2 aromatic rings. The first-order chi connectivity index (χ1) is 8.87. The summed E-state index contributed by atoms with van der Waals surface area (Å²) in [4.78, 5) is 14.2. The predicted molar refractivity (Wildman–Crippen MR) is 69.9 cm³/mol. The Bertz CT molecular complexity index is 687. The summed E-state index contributed by atoms with van der Waals surface area (Å²) in [5, 5.41) is -0.241. The Morgan fingerprint density at radius 2 is 1.63 bits per heavy atom. The average molecular weight is 341 g/mol. The standard InChI is InChI=1S/C8H4Cl3N5O2S/c9-5-1-6(15-8(11)14-5)16-19(17,18)4-2-12-7(10)13-3-4/h1-3H,(H,14,15,16). The molecule has 0 bridgehead atoms. The molecule has 11 heteroatoms. The van der Waals surface area contributed by atoms with E-state index in [9.17, 15) is 8.42 Å². The van der Waals surface area contributed by atoms with Crippen molar-refractivity contribution in [2.24, 2.45) is 0 Å². The van der Waals surface area contributed by atoms with Crippen LogP contribution in [-0.4, -0.2) is 28.4 Å². The van der Waals surface area contributed by atoms with Gasteiger partial charge in [-0.1, -0.05) is 11.6 Å². The van der Waals surface area contributed by atoms with Crippen LogP contribution in [0.2, 0.25) is 15.7 Å². The molecule has 7 nitrogen and oxygen atoms in total. The van der Waals surface area contributed by atoms with Crippen molar-refractivity contribution in [2.75, 3.05) is 4.72 Å². The molecule has 0 unspecified atom stereocenters. The zero-order valence-electron chi connectivity index (χ0n) is 8.88. The lowest BCUT2D eigenvalue weighted by atomic mass is 10.6. The van der Waals surface area contributed by atoms with Crippen molar-refractivity contribution in [3.63, 3.8) is 0 Å². The minimum absolute atomic E-state index is 0.00468. The van der Waals surface area contributed by atoms with Gasteiger partial charge in [0.2, 0.25) is 10.6 Å². The van der Waals surface area contributed by atoms with Crippen LogP contribution in [0.25, 0.3) is 0 Å². The lowest BCUT2D eigenvalue weighted by Gasteiger charge is -2.06. The first-order valence-electron chi connectivity index (χ1n) is 4.57. The average Bonchev–Trinajstić information content (AvgIpc) is 2.27. The molecule has 0 spiro atoms. The molecule has 0 radical (unpaired) electrons. The van der Waals surface area contributed by atoms with Gasteiger partial charge in [-0.2, -0.15) is 4.98 Å². The van der Waals surface area contributed by atoms with Crippen molar-refractivity contribution >= 4 is 50.6 Å². The molecule has 0 saturated carbocycles. The van der Waals surface area contributed by atoms with E-state index in [1.807, 2.05) is 0 Å². The molecule has 0 amide bonds. The summed E-state index contributed by atoms with van der Waals surface area (Å²) >= 11 is 16.7. The number of halogens is 3. The smallest absolute Gasteiger partial charge is 0.263 e. The molecule has 0 aliphatic carbocycles. The second-order valence-electron chi connectivity index (χ2n) is 3.14. The normalized spacial score (nSPS) is 11.3. The monoisotopic (exact) mass is 339 g/mol. The zero-order valence-corrected chi connectivity index (χ0v) is 12.0. The van der Waals surface area contributed by atoms with E-state index in [0.717, 1.165) is 12.4 Å². The largest absolute Gasteiger partial charge is 0.266 e. The molecular formula is C8H4Cl3N5O2S. The molecule has 0 aliphatic heterocycles. The van der Waals surface area contributed by atoms with Crippen LogP contribution in [0, 0.1) is 0 Å². The highest BCUT2D eigenvalue weighted by molar-refractivity contribution is 7.92. The van der Waals surface area contributed by atoms with Gasteiger partial charge in [-0.05, 0) is 23.2 Å². The summed E-state index contributed by atoms with van der Waals surface area (Å²) in [6.45, 7) is 0. The van der Waals surface area contributed by atoms with E-state index in [2.05, 4.69) is 24.7 Å². The highest BCUT2D eigenvalue weighted by Gasteiger charge is 2.16. The molecule has 0 fully saturated rings. The van der Waals surface area contributed by atoms with E-state index in [-0.39, 0.29) is 26.4 Å². The first kappa shape index (κ1) is 14.2. The summed E-state index contributed by atoms with van der Waals surface area (Å²) in [5.74, 6) is -0.0695. The van der Waals surface area contributed by atoms with E-state index in [1.54, 1.807) is 0 Å². The Kier molecular flexibility index (Phi) is 4.04. The van der Waals surface area contributed by atoms with Gasteiger partial charge in [-0.25, -0.2) is 23.4 Å². The lowest BCUT2D eigenvalue weighted by Crippen LogP contribution is -2.14. The highest BCUT2D eigenvalue weighted by Crippen LogP contribution is 2.18. The first-order valence-corrected chi connectivity index (χ1v) is 7.19. The van der Waals surface area contributed by atoms with Gasteiger partial charge in [0.25, 0.3) is 10.0 Å². The maximum atomic E-state index is 12.0. The van der Waals surface area contributed by atoms with Crippen LogP contribution in [0.3, 0.4) is 0 Å². The van der Waals surface area contributed by atoms with E-state index in [4.69, 9.17) is 34.8 Å². The van der Waals surface area contributed by atoms with E-state index < -0.39 is 10.0 Å². The Morgan fingerprint density at radius 3 is 2.21 bits per heavy atom. The van der Waals surface area contributed by atoms with Crippen LogP contribution in [0.1, 0.15) is 0 Å². The molecule has 0 aromatic carbocycles. The molecule has 19 heavy (non-hydrogen) atoms. The summed E-state index contributed by atoms with van der Waals surface area (Å²) in [6, 6.07) is 1.21. The van der Waals surface area contributed by atoms with E-state index >= 15 is 0 Å². The molecule has 2 rings (SSSR count). The van der Waals surface area contributed by atoms with Crippen molar-refractivity contribution in [2.45, 2.75) is 4.90 Å². The fraction of sp³-hybridized carbons (Fsp3) is 0. The van der Waals surface area contributed by atoms with Crippen molar-refractivity contribution in [3.8, 4) is 0 Å². The Labute approximate surface area is 123 Å². The number of anilines is 1. The van der Waals surface area contributed by atoms with Gasteiger partial charge in [0.15, 0.2) is 0 Å². The number of hydrogen-bond donors (Lipinski definition) is 1. The second-order valence-corrected chi connectivity index (χ2v) is 5.88. The third-order valence-corrected chi connectivity index (χ3v) is 3.68. The third kappa shape index (κ3) is 3.63. The molecule has 0 atom stereocenters. The highest BCUT2D eigenvalue weighted by atomic mass is 35.5. The van der Waals surface area contributed by atoms with Gasteiger partial charge in [0, 0.05) is 6.07 Å². The summed E-state index contributed by atoms with van der Waals surface area (Å²) in [7, 11) is -3.90. The Hall–Kier alpha value is -1.22. The van der Waals surface area contributed by atoms with Gasteiger partial charge in [-0.15, -0.1) is 0 Å². The van der Waals surface area contributed by atoms with Crippen LogP contribution in [-0.2, 0) is 10.0 Å². The van der Waals surface area contributed by atoms with Crippen molar-refractivity contribution in [3.05, 3.63) is 34.2 Å².